The van der Waals surface area contributed by atoms with Gasteiger partial charge in [0.2, 0.25) is 5.60 Å². The molecule has 13 heteroatoms. The third kappa shape index (κ3) is 6.82. The smallest absolute Gasteiger partial charge is 0.422 e. The normalized spacial score (nSPS) is 16.8. The van der Waals surface area contributed by atoms with Crippen LogP contribution in [0.4, 0.5) is 17.6 Å². The number of nitrogens with one attached hydrogen (secondary N) is 2. The number of ether oxygens (including phenoxy) is 2. The summed E-state index contributed by atoms with van der Waals surface area (Å²) < 4.78 is 68.8. The molecule has 0 saturated carbocycles. The summed E-state index contributed by atoms with van der Waals surface area (Å²) in [6, 6.07) is 10.3. The number of aliphatic hydroxyl groups is 1. The van der Waals surface area contributed by atoms with Crippen LogP contribution >= 0.6 is 11.6 Å². The second-order valence-electron chi connectivity index (χ2n) is 11.0. The lowest BCUT2D eigenvalue weighted by molar-refractivity contribution is -0.270. The number of pyridine rings is 1. The van der Waals surface area contributed by atoms with Crippen LogP contribution in [0.15, 0.2) is 48.5 Å². The lowest BCUT2D eigenvalue weighted by Gasteiger charge is -2.32. The summed E-state index contributed by atoms with van der Waals surface area (Å²) in [5, 5.41) is 16.7. The molecule has 2 aromatic carbocycles. The van der Waals surface area contributed by atoms with Crippen molar-refractivity contribution in [1.82, 2.24) is 15.6 Å². The lowest BCUT2D eigenvalue weighted by atomic mass is 9.86. The Kier molecular flexibility index (Phi) is 9.57. The van der Waals surface area contributed by atoms with Gasteiger partial charge in [0, 0.05) is 36.1 Å². The Morgan fingerprint density at radius 3 is 2.45 bits per heavy atom. The Balaban J connectivity index is 1.68. The van der Waals surface area contributed by atoms with Crippen LogP contribution in [0.25, 0.3) is 11.3 Å². The molecule has 4 rings (SSSR count). The van der Waals surface area contributed by atoms with Crippen LogP contribution in [-0.4, -0.2) is 54.8 Å². The highest BCUT2D eigenvalue weighted by molar-refractivity contribution is 6.31. The minimum absolute atomic E-state index is 0.0213. The molecule has 3 aromatic rings. The van der Waals surface area contributed by atoms with Gasteiger partial charge < -0.3 is 25.2 Å². The topological polar surface area (TPSA) is 110 Å². The maximum atomic E-state index is 14.6. The minimum atomic E-state index is -5.22. The summed E-state index contributed by atoms with van der Waals surface area (Å²) in [4.78, 5) is 29.2. The monoisotopic (exact) mass is 637 g/mol. The van der Waals surface area contributed by atoms with E-state index in [9.17, 15) is 32.3 Å². The van der Waals surface area contributed by atoms with E-state index in [0.29, 0.717) is 18.5 Å². The van der Waals surface area contributed by atoms with E-state index < -0.39 is 53.6 Å². The number of amides is 1. The zero-order valence-electron chi connectivity index (χ0n) is 24.4. The molecule has 0 bridgehead atoms. The predicted molar refractivity (Wildman–Crippen MR) is 155 cm³/mol. The zero-order valence-corrected chi connectivity index (χ0v) is 25.2. The van der Waals surface area contributed by atoms with Gasteiger partial charge >= 0.3 is 6.18 Å². The molecule has 1 aliphatic heterocycles. The van der Waals surface area contributed by atoms with Crippen molar-refractivity contribution in [2.45, 2.75) is 56.5 Å². The lowest BCUT2D eigenvalue weighted by Crippen LogP contribution is -2.44. The third-order valence-electron chi connectivity index (χ3n) is 7.75. The van der Waals surface area contributed by atoms with E-state index >= 15 is 0 Å². The summed E-state index contributed by atoms with van der Waals surface area (Å²) in [6.45, 7) is 3.90. The molecular weight excluding hydrogens is 606 g/mol. The fourth-order valence-corrected chi connectivity index (χ4v) is 4.86. The van der Waals surface area contributed by atoms with Gasteiger partial charge in [0.15, 0.2) is 23.4 Å². The fourth-order valence-electron chi connectivity index (χ4n) is 4.68. The first-order valence-electron chi connectivity index (χ1n) is 13.7. The molecule has 0 aliphatic carbocycles. The molecule has 8 nitrogen and oxygen atoms in total. The molecule has 1 aromatic heterocycles. The van der Waals surface area contributed by atoms with Gasteiger partial charge in [0.1, 0.15) is 5.82 Å². The van der Waals surface area contributed by atoms with Crippen molar-refractivity contribution in [2.24, 2.45) is 0 Å². The molecule has 0 radical (unpaired) electrons. The summed E-state index contributed by atoms with van der Waals surface area (Å²) >= 11 is 5.93. The van der Waals surface area contributed by atoms with E-state index in [0.717, 1.165) is 12.1 Å². The number of ketones is 1. The van der Waals surface area contributed by atoms with Crippen LogP contribution in [0, 0.1) is 5.82 Å². The van der Waals surface area contributed by atoms with Gasteiger partial charge in [-0.25, -0.2) is 9.37 Å². The highest BCUT2D eigenvalue weighted by Gasteiger charge is 2.56. The molecular formula is C31H32ClF4N3O5. The third-order valence-corrected chi connectivity index (χ3v) is 8.04. The Morgan fingerprint density at radius 1 is 1.14 bits per heavy atom. The average molecular weight is 638 g/mol. The molecule has 2 atom stereocenters. The van der Waals surface area contributed by atoms with Crippen LogP contribution in [0.1, 0.15) is 54.7 Å². The van der Waals surface area contributed by atoms with Crippen LogP contribution in [0.3, 0.4) is 0 Å². The van der Waals surface area contributed by atoms with Crippen molar-refractivity contribution in [1.29, 1.82) is 0 Å². The number of carbonyl (C=O) groups excluding carboxylic acids is 2. The molecule has 1 saturated heterocycles. The molecule has 1 fully saturated rings. The number of halogens is 5. The first-order valence-corrected chi connectivity index (χ1v) is 14.1. The second-order valence-corrected chi connectivity index (χ2v) is 11.4. The van der Waals surface area contributed by atoms with Gasteiger partial charge in [-0.1, -0.05) is 11.6 Å². The number of hydrogen-bond donors (Lipinski definition) is 3. The molecule has 0 spiro atoms. The number of Topliss-reactive ketones (excluding diaryl/α,β-unsaturated/α-hetero) is 1. The van der Waals surface area contributed by atoms with E-state index in [1.807, 2.05) is 0 Å². The van der Waals surface area contributed by atoms with Crippen molar-refractivity contribution in [3.8, 4) is 22.8 Å². The van der Waals surface area contributed by atoms with Gasteiger partial charge in [-0.05, 0) is 81.4 Å². The highest BCUT2D eigenvalue weighted by Crippen LogP contribution is 2.44. The van der Waals surface area contributed by atoms with Crippen molar-refractivity contribution in [3.05, 3.63) is 76.2 Å². The number of methoxy groups -OCH3 is 1. The number of alkyl halides is 3. The first-order chi connectivity index (χ1) is 20.6. The summed E-state index contributed by atoms with van der Waals surface area (Å²) in [6.07, 6.45) is -7.27. The molecule has 1 unspecified atom stereocenters. The summed E-state index contributed by atoms with van der Waals surface area (Å²) in [5.74, 6) is -1.39. The quantitative estimate of drug-likeness (QED) is 0.183. The van der Waals surface area contributed by atoms with Crippen LogP contribution in [-0.2, 0) is 15.9 Å². The standard InChI is InChI=1S/C31H32ClF4N3O5/c1-29(2,37-3)19-15-22(17-5-7-21(33)20(32)13-17)39-27(16-19)30(42,31(34,35)36)11-9-23(40)18-6-8-24(26(14-18)43-4)44-25-10-12-38-28(25)41/h5-8,13-16,25,37,42H,9-12H2,1-4H3,(H,38,41)/t25-,30?/m0/s1. The average Bonchev–Trinajstić information content (AvgIpc) is 3.40. The zero-order chi connectivity index (χ0) is 32.4. The van der Waals surface area contributed by atoms with Gasteiger partial charge in [-0.3, -0.25) is 9.59 Å². The van der Waals surface area contributed by atoms with Crippen LogP contribution < -0.4 is 20.1 Å². The maximum Gasteiger partial charge on any atom is 0.422 e. The van der Waals surface area contributed by atoms with Crippen LogP contribution in [0.2, 0.25) is 5.02 Å². The molecule has 1 amide bonds. The molecule has 3 N–H and O–H groups in total. The van der Waals surface area contributed by atoms with E-state index in [4.69, 9.17) is 21.1 Å². The largest absolute Gasteiger partial charge is 0.493 e. The number of aromatic nitrogens is 1. The van der Waals surface area contributed by atoms with Gasteiger partial charge in [0.25, 0.3) is 5.91 Å². The Hall–Kier alpha value is -3.74. The fraction of sp³-hybridized carbons (Fsp3) is 0.387. The molecule has 2 heterocycles. The van der Waals surface area contributed by atoms with Crippen molar-refractivity contribution in [2.75, 3.05) is 20.7 Å². The second kappa shape index (κ2) is 12.7. The van der Waals surface area contributed by atoms with Crippen molar-refractivity contribution in [3.63, 3.8) is 0 Å². The number of benzene rings is 2. The van der Waals surface area contributed by atoms with Crippen molar-refractivity contribution >= 4 is 23.3 Å². The van der Waals surface area contributed by atoms with E-state index in [1.54, 1.807) is 20.9 Å². The number of nitrogens with zero attached hydrogens (tertiary/aromatic N) is 1. The maximum absolute atomic E-state index is 14.6. The Bertz CT molecular complexity index is 1570. The SMILES string of the molecule is CNC(C)(C)c1cc(-c2ccc(F)c(Cl)c2)nc(C(O)(CCC(=O)c2ccc(O[C@H]3CCNC3=O)c(OC)c2)C(F)(F)F)c1. The molecule has 44 heavy (non-hydrogen) atoms. The molecule has 236 valence electrons. The Labute approximate surface area is 256 Å². The minimum Gasteiger partial charge on any atom is -0.493 e. The highest BCUT2D eigenvalue weighted by atomic mass is 35.5. The van der Waals surface area contributed by atoms with Crippen molar-refractivity contribution < 1.29 is 41.7 Å². The van der Waals surface area contributed by atoms with Gasteiger partial charge in [0.05, 0.1) is 23.5 Å². The number of carbonyl (C=O) groups is 2. The summed E-state index contributed by atoms with van der Waals surface area (Å²) in [5.41, 5.74) is -4.49. The van der Waals surface area contributed by atoms with E-state index in [1.165, 1.54) is 43.5 Å². The number of hydrogen-bond acceptors (Lipinski definition) is 7. The Morgan fingerprint density at radius 2 is 1.86 bits per heavy atom. The van der Waals surface area contributed by atoms with Crippen LogP contribution in [0.5, 0.6) is 11.5 Å². The van der Waals surface area contributed by atoms with Gasteiger partial charge in [-0.2, -0.15) is 13.2 Å². The van der Waals surface area contributed by atoms with E-state index in [-0.39, 0.29) is 39.2 Å². The predicted octanol–water partition coefficient (Wildman–Crippen LogP) is 5.68. The molecule has 1 aliphatic rings. The first kappa shape index (κ1) is 33.2. The number of rotatable bonds is 11. The summed E-state index contributed by atoms with van der Waals surface area (Å²) in [7, 11) is 2.95. The van der Waals surface area contributed by atoms with Gasteiger partial charge in [-0.15, -0.1) is 0 Å². The van der Waals surface area contributed by atoms with E-state index in [2.05, 4.69) is 15.6 Å².